The number of rotatable bonds is 5. The van der Waals surface area contributed by atoms with E-state index in [2.05, 4.69) is 15.6 Å². The van der Waals surface area contributed by atoms with E-state index in [4.69, 9.17) is 4.74 Å². The topological polar surface area (TPSA) is 124 Å². The van der Waals surface area contributed by atoms with E-state index in [0.29, 0.717) is 6.54 Å². The molecule has 37 heavy (non-hydrogen) atoms. The first-order valence-corrected chi connectivity index (χ1v) is 12.5. The van der Waals surface area contributed by atoms with Gasteiger partial charge in [0, 0.05) is 18.3 Å². The van der Waals surface area contributed by atoms with Crippen molar-refractivity contribution in [1.29, 1.82) is 5.26 Å². The van der Waals surface area contributed by atoms with E-state index < -0.39 is 52.4 Å². The minimum absolute atomic E-state index is 0.0959. The van der Waals surface area contributed by atoms with Crippen LogP contribution in [0, 0.1) is 39.8 Å². The largest absolute Gasteiger partial charge is 0.444 e. The van der Waals surface area contributed by atoms with Gasteiger partial charge >= 0.3 is 6.09 Å². The van der Waals surface area contributed by atoms with Crippen LogP contribution in [0.5, 0.6) is 0 Å². The summed E-state index contributed by atoms with van der Waals surface area (Å²) >= 11 is 0. The molecule has 1 aromatic heterocycles. The van der Waals surface area contributed by atoms with E-state index in [1.807, 2.05) is 40.7 Å². The first-order valence-electron chi connectivity index (χ1n) is 12.5. The third kappa shape index (κ3) is 5.71. The lowest BCUT2D eigenvalue weighted by Gasteiger charge is -2.38. The van der Waals surface area contributed by atoms with Crippen molar-refractivity contribution in [2.24, 2.45) is 22.7 Å². The van der Waals surface area contributed by atoms with Crippen LogP contribution in [0.3, 0.4) is 0 Å². The fourth-order valence-corrected chi connectivity index (χ4v) is 5.22. The molecule has 202 valence electrons. The van der Waals surface area contributed by atoms with Gasteiger partial charge in [-0.15, -0.1) is 0 Å². The van der Waals surface area contributed by atoms with Gasteiger partial charge in [-0.25, -0.2) is 9.18 Å². The number of amides is 3. The van der Waals surface area contributed by atoms with Gasteiger partial charge in [-0.2, -0.15) is 5.26 Å². The van der Waals surface area contributed by atoms with Crippen molar-refractivity contribution in [3.8, 4) is 6.07 Å². The zero-order chi connectivity index (χ0) is 28.1. The predicted molar refractivity (Wildman–Crippen MR) is 134 cm³/mol. The molecule has 1 aliphatic heterocycles. The third-order valence-electron chi connectivity index (χ3n) is 7.41. The van der Waals surface area contributed by atoms with Crippen LogP contribution in [0.15, 0.2) is 18.5 Å². The summed E-state index contributed by atoms with van der Waals surface area (Å²) < 4.78 is 19.2. The van der Waals surface area contributed by atoms with Gasteiger partial charge in [-0.3, -0.25) is 14.6 Å². The summed E-state index contributed by atoms with van der Waals surface area (Å²) in [5.41, 5.74) is -2.95. The van der Waals surface area contributed by atoms with Gasteiger partial charge in [0.05, 0.1) is 12.3 Å². The van der Waals surface area contributed by atoms with Crippen molar-refractivity contribution < 1.29 is 23.5 Å². The van der Waals surface area contributed by atoms with Crippen LogP contribution in [0.1, 0.15) is 67.9 Å². The lowest BCUT2D eigenvalue weighted by molar-refractivity contribution is -0.144. The molecule has 2 fully saturated rings. The monoisotopic (exact) mass is 515 g/mol. The van der Waals surface area contributed by atoms with Crippen LogP contribution in [-0.2, 0) is 19.9 Å². The van der Waals surface area contributed by atoms with Gasteiger partial charge in [0.1, 0.15) is 23.5 Å². The number of nitriles is 1. The van der Waals surface area contributed by atoms with Crippen LogP contribution in [-0.4, -0.2) is 52.0 Å². The molecule has 10 heteroatoms. The molecule has 3 rings (SSSR count). The molecule has 1 saturated heterocycles. The molecular formula is C27H38FN5O4. The number of nitrogens with zero attached hydrogens (tertiary/aromatic N) is 3. The standard InChI is InChI=1S/C27H38FN5O4/c1-24(2,3)20(31-23(36)37-25(4,5)6)22(35)33-13-17-18(26(17,7)8)19(33)21(34)32-27(9,14-29)15-10-16(28)12-30-11-15/h10-12,17-20H,13H2,1-9H3,(H,31,36)(H,32,34)/t17-,18-,19-,20+,27?/m0/s1. The van der Waals surface area contributed by atoms with Crippen molar-refractivity contribution >= 4 is 17.9 Å². The summed E-state index contributed by atoms with van der Waals surface area (Å²) in [5.74, 6) is -1.56. The molecule has 1 aromatic rings. The first kappa shape index (κ1) is 28.4. The van der Waals surface area contributed by atoms with Crippen molar-refractivity contribution in [2.75, 3.05) is 6.54 Å². The predicted octanol–water partition coefficient (Wildman–Crippen LogP) is 3.50. The third-order valence-corrected chi connectivity index (χ3v) is 7.41. The quantitative estimate of drug-likeness (QED) is 0.619. The average Bonchev–Trinajstić information content (AvgIpc) is 3.08. The highest BCUT2D eigenvalue weighted by atomic mass is 19.1. The number of nitrogens with one attached hydrogen (secondary N) is 2. The van der Waals surface area contributed by atoms with E-state index in [1.54, 1.807) is 20.8 Å². The maximum absolute atomic E-state index is 13.9. The molecule has 0 bridgehead atoms. The Bertz CT molecular complexity index is 1130. The van der Waals surface area contributed by atoms with Gasteiger partial charge in [-0.1, -0.05) is 34.6 Å². The second kappa shape index (κ2) is 9.26. The van der Waals surface area contributed by atoms with Gasteiger partial charge in [0.25, 0.3) is 0 Å². The molecule has 9 nitrogen and oxygen atoms in total. The number of carbonyl (C=O) groups excluding carboxylic acids is 3. The summed E-state index contributed by atoms with van der Waals surface area (Å²) in [7, 11) is 0. The van der Waals surface area contributed by atoms with Crippen LogP contribution in [0.2, 0.25) is 0 Å². The molecule has 2 aliphatic rings. The molecule has 5 atom stereocenters. The molecule has 0 spiro atoms. The van der Waals surface area contributed by atoms with E-state index in [9.17, 15) is 24.0 Å². The number of fused-ring (bicyclic) bond motifs is 1. The Morgan fingerprint density at radius 3 is 2.32 bits per heavy atom. The SMILES string of the molecule is CC(C)(C)OC(=O)N[C@H](C(=O)N1C[C@H]2[C@@H]([C@H]1C(=O)NC(C)(C#N)c1cncc(F)c1)C2(C)C)C(C)(C)C. The van der Waals surface area contributed by atoms with Crippen molar-refractivity contribution in [1.82, 2.24) is 20.5 Å². The number of alkyl carbamates (subject to hydrolysis) is 1. The highest BCUT2D eigenvalue weighted by molar-refractivity contribution is 5.93. The highest BCUT2D eigenvalue weighted by Crippen LogP contribution is 2.65. The fraction of sp³-hybridized carbons (Fsp3) is 0.667. The maximum Gasteiger partial charge on any atom is 0.408 e. The Kier molecular flexibility index (Phi) is 7.10. The van der Waals surface area contributed by atoms with Gasteiger partial charge in [-0.05, 0) is 56.4 Å². The number of ether oxygens (including phenoxy) is 1. The molecule has 1 aliphatic carbocycles. The smallest absolute Gasteiger partial charge is 0.408 e. The Morgan fingerprint density at radius 2 is 1.81 bits per heavy atom. The number of carbonyl (C=O) groups is 3. The van der Waals surface area contributed by atoms with Crippen LogP contribution in [0.25, 0.3) is 0 Å². The molecule has 2 N–H and O–H groups in total. The maximum atomic E-state index is 13.9. The highest BCUT2D eigenvalue weighted by Gasteiger charge is 2.70. The first-order chi connectivity index (χ1) is 16.8. The zero-order valence-electron chi connectivity index (χ0n) is 23.1. The summed E-state index contributed by atoms with van der Waals surface area (Å²) in [5, 5.41) is 15.4. The lowest BCUT2D eigenvalue weighted by Crippen LogP contribution is -2.60. The van der Waals surface area contributed by atoms with E-state index in [0.717, 1.165) is 12.3 Å². The number of hydrogen-bond acceptors (Lipinski definition) is 6. The molecule has 0 radical (unpaired) electrons. The van der Waals surface area contributed by atoms with Gasteiger partial charge in [0.15, 0.2) is 5.54 Å². The minimum atomic E-state index is -1.56. The molecule has 1 unspecified atom stereocenters. The lowest BCUT2D eigenvalue weighted by atomic mass is 9.85. The Balaban J connectivity index is 1.90. The Morgan fingerprint density at radius 1 is 1.19 bits per heavy atom. The van der Waals surface area contributed by atoms with E-state index >= 15 is 0 Å². The van der Waals surface area contributed by atoms with Crippen molar-refractivity contribution in [2.45, 2.75) is 85.5 Å². The molecule has 1 saturated carbocycles. The van der Waals surface area contributed by atoms with Gasteiger partial charge in [0.2, 0.25) is 11.8 Å². The van der Waals surface area contributed by atoms with E-state index in [1.165, 1.54) is 18.0 Å². The van der Waals surface area contributed by atoms with Crippen molar-refractivity contribution in [3.63, 3.8) is 0 Å². The normalized spacial score (nSPS) is 24.7. The number of piperidine rings is 1. The second-order valence-electron chi connectivity index (χ2n) is 13.0. The molecular weight excluding hydrogens is 477 g/mol. The molecule has 2 heterocycles. The zero-order valence-corrected chi connectivity index (χ0v) is 23.1. The molecule has 3 amide bonds. The van der Waals surface area contributed by atoms with Crippen LogP contribution in [0.4, 0.5) is 9.18 Å². The molecule has 0 aromatic carbocycles. The number of hydrogen-bond donors (Lipinski definition) is 2. The van der Waals surface area contributed by atoms with Crippen LogP contribution < -0.4 is 10.6 Å². The number of likely N-dealkylation sites (tertiary alicyclic amines) is 1. The average molecular weight is 516 g/mol. The number of halogens is 1. The Hall–Kier alpha value is -3.22. The number of pyridine rings is 1. The fourth-order valence-electron chi connectivity index (χ4n) is 5.22. The number of aromatic nitrogens is 1. The van der Waals surface area contributed by atoms with Gasteiger partial charge < -0.3 is 20.3 Å². The summed E-state index contributed by atoms with van der Waals surface area (Å²) in [6, 6.07) is 1.39. The van der Waals surface area contributed by atoms with Crippen molar-refractivity contribution in [3.05, 3.63) is 29.8 Å². The second-order valence-corrected chi connectivity index (χ2v) is 13.0. The van der Waals surface area contributed by atoms with E-state index in [-0.39, 0.29) is 22.8 Å². The summed E-state index contributed by atoms with van der Waals surface area (Å²) in [6.07, 6.45) is 1.62. The summed E-state index contributed by atoms with van der Waals surface area (Å²) in [4.78, 5) is 45.5. The Labute approximate surface area is 218 Å². The van der Waals surface area contributed by atoms with Crippen LogP contribution >= 0.6 is 0 Å². The minimum Gasteiger partial charge on any atom is -0.444 e. The summed E-state index contributed by atoms with van der Waals surface area (Å²) in [6.45, 7) is 16.6.